The van der Waals surface area contributed by atoms with Crippen molar-refractivity contribution in [2.45, 2.75) is 44.4 Å². The van der Waals surface area contributed by atoms with Crippen LogP contribution in [0.4, 0.5) is 0 Å². The molecule has 1 saturated heterocycles. The minimum atomic E-state index is -0.0416. The molecule has 1 fully saturated rings. The molecule has 1 aliphatic rings. The lowest BCUT2D eigenvalue weighted by molar-refractivity contribution is -0.134. The molecule has 1 aliphatic heterocycles. The minimum Gasteiger partial charge on any atom is -0.438 e. The third-order valence-corrected chi connectivity index (χ3v) is 5.54. The highest BCUT2D eigenvalue weighted by Crippen LogP contribution is 2.33. The fourth-order valence-electron chi connectivity index (χ4n) is 3.08. The molecule has 0 aliphatic carbocycles. The highest BCUT2D eigenvalue weighted by atomic mass is 32.2. The third-order valence-electron chi connectivity index (χ3n) is 4.63. The number of aromatic nitrogens is 1. The fourth-order valence-corrected chi connectivity index (χ4v) is 3.42. The van der Waals surface area contributed by atoms with Crippen LogP contribution in [0.3, 0.4) is 0 Å². The van der Waals surface area contributed by atoms with Crippen LogP contribution in [0.15, 0.2) is 34.9 Å². The van der Waals surface area contributed by atoms with Crippen molar-refractivity contribution in [3.63, 3.8) is 0 Å². The topological polar surface area (TPSA) is 46.3 Å². The highest BCUT2D eigenvalue weighted by Gasteiger charge is 2.33. The Balaban J connectivity index is 1.84. The number of hydrogen-bond donors (Lipinski definition) is 0. The number of nitrogens with zero attached hydrogens (tertiary/aromatic N) is 2. The van der Waals surface area contributed by atoms with Crippen molar-refractivity contribution >= 4 is 17.7 Å². The first kappa shape index (κ1) is 17.1. The molecule has 1 amide bonds. The Morgan fingerprint density at radius 2 is 2.08 bits per heavy atom. The highest BCUT2D eigenvalue weighted by molar-refractivity contribution is 7.99. The quantitative estimate of drug-likeness (QED) is 0.822. The van der Waals surface area contributed by atoms with Crippen molar-refractivity contribution in [2.24, 2.45) is 0 Å². The van der Waals surface area contributed by atoms with E-state index in [0.29, 0.717) is 5.89 Å². The first-order chi connectivity index (χ1) is 11.6. The van der Waals surface area contributed by atoms with Gasteiger partial charge in [-0.1, -0.05) is 29.8 Å². The summed E-state index contributed by atoms with van der Waals surface area (Å²) in [6.07, 6.45) is 6.82. The molecule has 5 heteroatoms. The van der Waals surface area contributed by atoms with Gasteiger partial charge in [-0.15, -0.1) is 0 Å². The van der Waals surface area contributed by atoms with Gasteiger partial charge in [-0.25, -0.2) is 4.98 Å². The normalized spacial score (nSPS) is 19.3. The van der Waals surface area contributed by atoms with Crippen LogP contribution in [0.5, 0.6) is 0 Å². The van der Waals surface area contributed by atoms with E-state index in [2.05, 4.69) is 24.0 Å². The number of carbonyl (C=O) groups is 1. The number of oxazole rings is 1. The second-order valence-electron chi connectivity index (χ2n) is 6.35. The van der Waals surface area contributed by atoms with E-state index in [0.717, 1.165) is 37.1 Å². The molecular formula is C19H24N2O2S. The average molecular weight is 344 g/mol. The van der Waals surface area contributed by atoms with E-state index in [-0.39, 0.29) is 17.2 Å². The minimum absolute atomic E-state index is 0.0304. The molecule has 2 unspecified atom stereocenters. The van der Waals surface area contributed by atoms with Crippen LogP contribution in [0.25, 0.3) is 11.3 Å². The van der Waals surface area contributed by atoms with Crippen LogP contribution in [0, 0.1) is 6.92 Å². The van der Waals surface area contributed by atoms with E-state index in [9.17, 15) is 4.79 Å². The summed E-state index contributed by atoms with van der Waals surface area (Å²) in [6, 6.07) is 8.17. The molecule has 1 aromatic carbocycles. The molecule has 2 heterocycles. The van der Waals surface area contributed by atoms with Gasteiger partial charge in [-0.05, 0) is 39.4 Å². The number of piperidine rings is 1. The maximum Gasteiger partial charge on any atom is 0.236 e. The Morgan fingerprint density at radius 1 is 1.33 bits per heavy atom. The van der Waals surface area contributed by atoms with E-state index in [1.165, 1.54) is 5.56 Å². The molecule has 3 rings (SSSR count). The standard InChI is InChI=1S/C19H24N2O2S/c1-13-7-9-15(10-8-13)17-12-20-18(23-17)16-6-4-5-11-21(16)19(22)14(2)24-3/h7-10,12,14,16H,4-6,11H2,1-3H3. The number of amides is 1. The molecule has 0 bridgehead atoms. The first-order valence-corrected chi connectivity index (χ1v) is 9.75. The Labute approximate surface area is 147 Å². The van der Waals surface area contributed by atoms with Crippen molar-refractivity contribution in [1.29, 1.82) is 0 Å². The zero-order valence-electron chi connectivity index (χ0n) is 14.5. The number of thioether (sulfide) groups is 1. The van der Waals surface area contributed by atoms with Crippen LogP contribution in [-0.2, 0) is 4.79 Å². The number of likely N-dealkylation sites (tertiary alicyclic amines) is 1. The summed E-state index contributed by atoms with van der Waals surface area (Å²) in [5, 5.41) is -0.0304. The fraction of sp³-hybridized carbons (Fsp3) is 0.474. The summed E-state index contributed by atoms with van der Waals surface area (Å²) in [4.78, 5) is 19.1. The number of hydrogen-bond acceptors (Lipinski definition) is 4. The molecule has 0 spiro atoms. The lowest BCUT2D eigenvalue weighted by Crippen LogP contribution is -2.42. The van der Waals surface area contributed by atoms with Crippen molar-refractivity contribution in [3.05, 3.63) is 41.9 Å². The summed E-state index contributed by atoms with van der Waals surface area (Å²) in [6.45, 7) is 4.82. The second-order valence-corrected chi connectivity index (χ2v) is 7.53. The maximum atomic E-state index is 12.7. The van der Waals surface area contributed by atoms with Crippen LogP contribution < -0.4 is 0 Å². The first-order valence-electron chi connectivity index (χ1n) is 8.46. The van der Waals surface area contributed by atoms with Crippen molar-refractivity contribution in [3.8, 4) is 11.3 Å². The Morgan fingerprint density at radius 3 is 2.79 bits per heavy atom. The van der Waals surface area contributed by atoms with Crippen LogP contribution in [-0.4, -0.2) is 33.8 Å². The summed E-state index contributed by atoms with van der Waals surface area (Å²) < 4.78 is 6.03. The van der Waals surface area contributed by atoms with Gasteiger partial charge in [0.1, 0.15) is 6.04 Å². The molecule has 128 valence electrons. The van der Waals surface area contributed by atoms with E-state index >= 15 is 0 Å². The van der Waals surface area contributed by atoms with E-state index < -0.39 is 0 Å². The van der Waals surface area contributed by atoms with Crippen molar-refractivity contribution in [1.82, 2.24) is 9.88 Å². The van der Waals surface area contributed by atoms with Gasteiger partial charge >= 0.3 is 0 Å². The van der Waals surface area contributed by atoms with E-state index in [1.54, 1.807) is 18.0 Å². The maximum absolute atomic E-state index is 12.7. The molecule has 0 radical (unpaired) electrons. The average Bonchev–Trinajstić information content (AvgIpc) is 3.11. The number of benzene rings is 1. The number of carbonyl (C=O) groups excluding carboxylic acids is 1. The molecule has 0 N–H and O–H groups in total. The van der Waals surface area contributed by atoms with Gasteiger partial charge in [-0.3, -0.25) is 4.79 Å². The monoisotopic (exact) mass is 344 g/mol. The Kier molecular flexibility index (Phi) is 5.29. The molecule has 2 atom stereocenters. The van der Waals surface area contributed by atoms with Gasteiger partial charge in [0.05, 0.1) is 11.4 Å². The Bertz CT molecular complexity index is 696. The summed E-state index contributed by atoms with van der Waals surface area (Å²) in [5.74, 6) is 1.61. The molecule has 4 nitrogen and oxygen atoms in total. The lowest BCUT2D eigenvalue weighted by Gasteiger charge is -2.35. The van der Waals surface area contributed by atoms with Gasteiger partial charge in [0, 0.05) is 12.1 Å². The van der Waals surface area contributed by atoms with Gasteiger partial charge < -0.3 is 9.32 Å². The molecule has 2 aromatic rings. The Hall–Kier alpha value is -1.75. The van der Waals surface area contributed by atoms with Gasteiger partial charge in [0.25, 0.3) is 0 Å². The number of rotatable bonds is 4. The van der Waals surface area contributed by atoms with Crippen LogP contribution in [0.2, 0.25) is 0 Å². The SMILES string of the molecule is CSC(C)C(=O)N1CCCCC1c1ncc(-c2ccc(C)cc2)o1. The van der Waals surface area contributed by atoms with Gasteiger partial charge in [0.15, 0.2) is 5.76 Å². The third kappa shape index (κ3) is 3.51. The summed E-state index contributed by atoms with van der Waals surface area (Å²) >= 11 is 1.58. The van der Waals surface area contributed by atoms with E-state index in [1.807, 2.05) is 30.2 Å². The van der Waals surface area contributed by atoms with Crippen LogP contribution >= 0.6 is 11.8 Å². The van der Waals surface area contributed by atoms with E-state index in [4.69, 9.17) is 4.42 Å². The lowest BCUT2D eigenvalue weighted by atomic mass is 10.0. The summed E-state index contributed by atoms with van der Waals surface area (Å²) in [5.41, 5.74) is 2.24. The molecule has 24 heavy (non-hydrogen) atoms. The summed E-state index contributed by atoms with van der Waals surface area (Å²) in [7, 11) is 0. The molecule has 0 saturated carbocycles. The van der Waals surface area contributed by atoms with Crippen LogP contribution in [0.1, 0.15) is 43.7 Å². The predicted octanol–water partition coefficient (Wildman–Crippen LogP) is 4.46. The van der Waals surface area contributed by atoms with Crippen molar-refractivity contribution < 1.29 is 9.21 Å². The number of aryl methyl sites for hydroxylation is 1. The largest absolute Gasteiger partial charge is 0.438 e. The zero-order chi connectivity index (χ0) is 17.1. The molecular weight excluding hydrogens is 320 g/mol. The smallest absolute Gasteiger partial charge is 0.236 e. The molecule has 1 aromatic heterocycles. The van der Waals surface area contributed by atoms with Gasteiger partial charge in [-0.2, -0.15) is 11.8 Å². The van der Waals surface area contributed by atoms with Crippen molar-refractivity contribution in [2.75, 3.05) is 12.8 Å². The predicted molar refractivity (Wildman–Crippen MR) is 98.0 cm³/mol. The van der Waals surface area contributed by atoms with Gasteiger partial charge in [0.2, 0.25) is 11.8 Å². The zero-order valence-corrected chi connectivity index (χ0v) is 15.3. The second kappa shape index (κ2) is 7.43.